The van der Waals surface area contributed by atoms with Gasteiger partial charge in [-0.3, -0.25) is 10.0 Å². The predicted molar refractivity (Wildman–Crippen MR) is 57.4 cm³/mol. The predicted octanol–water partition coefficient (Wildman–Crippen LogP) is 2.50. The van der Waals surface area contributed by atoms with Gasteiger partial charge in [-0.1, -0.05) is 24.8 Å². The van der Waals surface area contributed by atoms with Crippen LogP contribution in [0.25, 0.3) is 0 Å². The molecule has 15 heavy (non-hydrogen) atoms. The first-order chi connectivity index (χ1) is 7.18. The van der Waals surface area contributed by atoms with Crippen LogP contribution in [0.4, 0.5) is 0 Å². The van der Waals surface area contributed by atoms with Crippen LogP contribution >= 0.6 is 0 Å². The smallest absolute Gasteiger partial charge is 0.270 e. The van der Waals surface area contributed by atoms with Gasteiger partial charge in [0.1, 0.15) is 0 Å². The minimum atomic E-state index is -0.241. The van der Waals surface area contributed by atoms with E-state index < -0.39 is 0 Å². The van der Waals surface area contributed by atoms with E-state index in [9.17, 15) is 10.0 Å². The lowest BCUT2D eigenvalue weighted by atomic mass is 9.80. The Hall–Kier alpha value is -0.830. The van der Waals surface area contributed by atoms with Gasteiger partial charge in [-0.25, -0.2) is 5.06 Å². The molecule has 1 N–H and O–H groups in total. The lowest BCUT2D eigenvalue weighted by Gasteiger charge is -2.37. The third-order valence-electron chi connectivity index (χ3n) is 3.63. The topological polar surface area (TPSA) is 40.5 Å². The summed E-state index contributed by atoms with van der Waals surface area (Å²) in [5, 5.41) is 10.7. The molecular weight excluding hydrogens is 190 g/mol. The number of amides is 1. The monoisotopic (exact) mass is 209 g/mol. The first kappa shape index (κ1) is 10.7. The molecule has 1 aliphatic heterocycles. The zero-order chi connectivity index (χ0) is 10.8. The Morgan fingerprint density at radius 3 is 2.67 bits per heavy atom. The third-order valence-corrected chi connectivity index (χ3v) is 3.63. The highest BCUT2D eigenvalue weighted by atomic mass is 16.5. The first-order valence-corrected chi connectivity index (χ1v) is 5.87. The normalized spacial score (nSPS) is 29.2. The van der Waals surface area contributed by atoms with Gasteiger partial charge in [-0.2, -0.15) is 0 Å². The molecule has 2 rings (SSSR count). The van der Waals surface area contributed by atoms with Crippen LogP contribution in [0.3, 0.4) is 0 Å². The highest BCUT2D eigenvalue weighted by Gasteiger charge is 2.33. The van der Waals surface area contributed by atoms with E-state index in [1.807, 2.05) is 6.92 Å². The number of hydroxylamine groups is 2. The Kier molecular flexibility index (Phi) is 3.10. The molecule has 1 aliphatic carbocycles. The van der Waals surface area contributed by atoms with Crippen LogP contribution < -0.4 is 0 Å². The van der Waals surface area contributed by atoms with Crippen molar-refractivity contribution in [1.82, 2.24) is 5.06 Å². The Balaban J connectivity index is 2.07. The first-order valence-electron chi connectivity index (χ1n) is 5.87. The van der Waals surface area contributed by atoms with Crippen molar-refractivity contribution in [3.05, 3.63) is 11.6 Å². The molecule has 1 unspecified atom stereocenters. The highest BCUT2D eigenvalue weighted by Crippen LogP contribution is 2.33. The molecule has 1 heterocycles. The summed E-state index contributed by atoms with van der Waals surface area (Å²) in [6, 6.07) is 0.0304. The van der Waals surface area contributed by atoms with Crippen LogP contribution in [0.15, 0.2) is 11.6 Å². The van der Waals surface area contributed by atoms with Gasteiger partial charge < -0.3 is 0 Å². The summed E-state index contributed by atoms with van der Waals surface area (Å²) in [5.41, 5.74) is 1.10. The molecule has 0 aromatic rings. The molecular formula is C12H19NO2. The van der Waals surface area contributed by atoms with Crippen molar-refractivity contribution in [3.63, 3.8) is 0 Å². The van der Waals surface area contributed by atoms with Gasteiger partial charge in [-0.05, 0) is 32.1 Å². The third kappa shape index (κ3) is 2.23. The van der Waals surface area contributed by atoms with Gasteiger partial charge in [0, 0.05) is 6.08 Å². The fourth-order valence-corrected chi connectivity index (χ4v) is 2.80. The molecule has 0 aromatic carbocycles. The van der Waals surface area contributed by atoms with Gasteiger partial charge in [0.2, 0.25) is 0 Å². The minimum Gasteiger partial charge on any atom is -0.285 e. The minimum absolute atomic E-state index is 0.0304. The van der Waals surface area contributed by atoms with E-state index in [-0.39, 0.29) is 11.9 Å². The maximum atomic E-state index is 11.5. The Morgan fingerprint density at radius 1 is 1.33 bits per heavy atom. The van der Waals surface area contributed by atoms with Crippen molar-refractivity contribution in [2.24, 2.45) is 5.92 Å². The Labute approximate surface area is 90.7 Å². The largest absolute Gasteiger partial charge is 0.285 e. The molecule has 1 fully saturated rings. The maximum absolute atomic E-state index is 11.5. The molecule has 0 spiro atoms. The van der Waals surface area contributed by atoms with Crippen LogP contribution in [0.2, 0.25) is 0 Å². The summed E-state index contributed by atoms with van der Waals surface area (Å²) in [7, 11) is 0. The summed E-state index contributed by atoms with van der Waals surface area (Å²) >= 11 is 0. The number of rotatable bonds is 1. The Bertz CT molecular complexity index is 279. The summed E-state index contributed by atoms with van der Waals surface area (Å²) in [6.45, 7) is 1.97. The van der Waals surface area contributed by atoms with Crippen molar-refractivity contribution in [2.45, 2.75) is 51.5 Å². The van der Waals surface area contributed by atoms with Crippen LogP contribution in [-0.2, 0) is 4.79 Å². The van der Waals surface area contributed by atoms with E-state index in [4.69, 9.17) is 0 Å². The lowest BCUT2D eigenvalue weighted by molar-refractivity contribution is -0.178. The van der Waals surface area contributed by atoms with Crippen molar-refractivity contribution >= 4 is 5.91 Å². The molecule has 1 saturated carbocycles. The van der Waals surface area contributed by atoms with E-state index in [0.29, 0.717) is 5.92 Å². The maximum Gasteiger partial charge on any atom is 0.270 e. The highest BCUT2D eigenvalue weighted by molar-refractivity contribution is 5.88. The lowest BCUT2D eigenvalue weighted by Crippen LogP contribution is -2.44. The summed E-state index contributed by atoms with van der Waals surface area (Å²) in [5.74, 6) is 0.255. The van der Waals surface area contributed by atoms with Crippen molar-refractivity contribution in [3.8, 4) is 0 Å². The standard InChI is InChI=1S/C12H19NO2/c1-9-7-11(13(15)12(14)8-9)10-5-3-2-4-6-10/h8,10-11,15H,2-7H2,1H3. The van der Waals surface area contributed by atoms with Crippen LogP contribution in [0, 0.1) is 5.92 Å². The summed E-state index contributed by atoms with van der Waals surface area (Å²) in [4.78, 5) is 11.5. The molecule has 3 heteroatoms. The second-order valence-corrected chi connectivity index (χ2v) is 4.84. The average Bonchev–Trinajstić information content (AvgIpc) is 2.24. The van der Waals surface area contributed by atoms with Gasteiger partial charge in [0.25, 0.3) is 5.91 Å². The van der Waals surface area contributed by atoms with Gasteiger partial charge in [0.15, 0.2) is 0 Å². The zero-order valence-corrected chi connectivity index (χ0v) is 9.28. The number of hydrogen-bond acceptors (Lipinski definition) is 2. The molecule has 0 aromatic heterocycles. The molecule has 1 amide bonds. The van der Waals surface area contributed by atoms with Gasteiger partial charge in [0.05, 0.1) is 6.04 Å². The fraction of sp³-hybridized carbons (Fsp3) is 0.750. The number of nitrogens with zero attached hydrogens (tertiary/aromatic N) is 1. The van der Waals surface area contributed by atoms with Gasteiger partial charge >= 0.3 is 0 Å². The number of hydrogen-bond donors (Lipinski definition) is 1. The van der Waals surface area contributed by atoms with E-state index in [1.165, 1.54) is 19.3 Å². The van der Waals surface area contributed by atoms with Crippen molar-refractivity contribution in [2.75, 3.05) is 0 Å². The van der Waals surface area contributed by atoms with E-state index in [2.05, 4.69) is 0 Å². The van der Waals surface area contributed by atoms with Crippen LogP contribution in [-0.4, -0.2) is 22.2 Å². The van der Waals surface area contributed by atoms with Crippen molar-refractivity contribution < 1.29 is 10.0 Å². The molecule has 0 bridgehead atoms. The average molecular weight is 209 g/mol. The van der Waals surface area contributed by atoms with E-state index >= 15 is 0 Å². The summed E-state index contributed by atoms with van der Waals surface area (Å²) < 4.78 is 0. The van der Waals surface area contributed by atoms with E-state index in [1.54, 1.807) is 6.08 Å². The number of carbonyl (C=O) groups excluding carboxylic acids is 1. The molecule has 0 radical (unpaired) electrons. The Morgan fingerprint density at radius 2 is 2.00 bits per heavy atom. The molecule has 2 aliphatic rings. The second-order valence-electron chi connectivity index (χ2n) is 4.84. The SMILES string of the molecule is CC1=CC(=O)N(O)C(C2CCCCC2)C1. The van der Waals surface area contributed by atoms with Crippen molar-refractivity contribution in [1.29, 1.82) is 0 Å². The molecule has 0 saturated heterocycles. The molecule has 1 atom stereocenters. The van der Waals surface area contributed by atoms with Crippen LogP contribution in [0.5, 0.6) is 0 Å². The van der Waals surface area contributed by atoms with E-state index in [0.717, 1.165) is 29.9 Å². The zero-order valence-electron chi connectivity index (χ0n) is 9.28. The quantitative estimate of drug-likeness (QED) is 0.674. The van der Waals surface area contributed by atoms with Crippen LogP contribution in [0.1, 0.15) is 45.4 Å². The number of carbonyl (C=O) groups is 1. The molecule has 84 valence electrons. The summed E-state index contributed by atoms with van der Waals surface area (Å²) in [6.07, 6.45) is 8.48. The van der Waals surface area contributed by atoms with Gasteiger partial charge in [-0.15, -0.1) is 0 Å². The fourth-order valence-electron chi connectivity index (χ4n) is 2.80. The second kappa shape index (κ2) is 4.35. The molecule has 3 nitrogen and oxygen atoms in total.